The van der Waals surface area contributed by atoms with Crippen molar-refractivity contribution in [3.8, 4) is 11.5 Å². The van der Waals surface area contributed by atoms with E-state index in [1.807, 2.05) is 6.07 Å². The van der Waals surface area contributed by atoms with Crippen molar-refractivity contribution in [3.63, 3.8) is 0 Å². The lowest BCUT2D eigenvalue weighted by Crippen LogP contribution is -2.38. The lowest BCUT2D eigenvalue weighted by molar-refractivity contribution is -0.114. The minimum Gasteiger partial charge on any atom is -0.497 e. The third-order valence-electron chi connectivity index (χ3n) is 4.81. The van der Waals surface area contributed by atoms with E-state index in [1.54, 1.807) is 61.7 Å². The summed E-state index contributed by atoms with van der Waals surface area (Å²) in [7, 11) is 0.424. The van der Waals surface area contributed by atoms with E-state index in [9.17, 15) is 13.2 Å². The Kier molecular flexibility index (Phi) is 7.92. The Labute approximate surface area is 193 Å². The van der Waals surface area contributed by atoms with Crippen LogP contribution in [0.4, 0.5) is 11.4 Å². The molecule has 0 unspecified atom stereocenters. The summed E-state index contributed by atoms with van der Waals surface area (Å²) in [5.74, 6) is 0.337. The van der Waals surface area contributed by atoms with E-state index in [1.165, 1.54) is 26.4 Å². The van der Waals surface area contributed by atoms with Crippen LogP contribution in [0.15, 0.2) is 77.7 Å². The smallest absolute Gasteiger partial charge is 0.264 e. The van der Waals surface area contributed by atoms with Crippen molar-refractivity contribution in [1.82, 2.24) is 0 Å². The Balaban J connectivity index is 1.95. The summed E-state index contributed by atoms with van der Waals surface area (Å²) in [5, 5.41) is 2.76. The van der Waals surface area contributed by atoms with E-state index in [4.69, 9.17) is 14.2 Å². The molecule has 0 saturated carbocycles. The van der Waals surface area contributed by atoms with Crippen LogP contribution in [0, 0.1) is 0 Å². The summed E-state index contributed by atoms with van der Waals surface area (Å²) in [6.07, 6.45) is 0. The zero-order valence-electron chi connectivity index (χ0n) is 18.6. The van der Waals surface area contributed by atoms with Crippen molar-refractivity contribution in [2.75, 3.05) is 37.5 Å². The molecule has 3 aromatic rings. The number of methoxy groups -OCH3 is 3. The van der Waals surface area contributed by atoms with Crippen molar-refractivity contribution in [1.29, 1.82) is 0 Å². The van der Waals surface area contributed by atoms with Crippen LogP contribution < -0.4 is 19.1 Å². The highest BCUT2D eigenvalue weighted by molar-refractivity contribution is 7.92. The molecule has 0 fully saturated rings. The molecule has 0 aromatic heterocycles. The van der Waals surface area contributed by atoms with Gasteiger partial charge in [-0.1, -0.05) is 24.3 Å². The molecule has 3 aromatic carbocycles. The number of rotatable bonds is 10. The Morgan fingerprint density at radius 3 is 2.30 bits per heavy atom. The summed E-state index contributed by atoms with van der Waals surface area (Å²) < 4.78 is 43.8. The molecular weight excluding hydrogens is 444 g/mol. The molecule has 0 heterocycles. The van der Waals surface area contributed by atoms with Crippen LogP contribution in [-0.2, 0) is 26.2 Å². The quantitative estimate of drug-likeness (QED) is 0.486. The first-order chi connectivity index (χ1) is 15.9. The molecule has 33 heavy (non-hydrogen) atoms. The topological polar surface area (TPSA) is 94.2 Å². The number of hydrogen-bond donors (Lipinski definition) is 1. The van der Waals surface area contributed by atoms with Crippen LogP contribution in [0.2, 0.25) is 0 Å². The first-order valence-electron chi connectivity index (χ1n) is 10.1. The maximum Gasteiger partial charge on any atom is 0.264 e. The number of benzene rings is 3. The van der Waals surface area contributed by atoms with Gasteiger partial charge in [0.1, 0.15) is 18.0 Å². The first kappa shape index (κ1) is 24.1. The van der Waals surface area contributed by atoms with Crippen molar-refractivity contribution >= 4 is 27.3 Å². The van der Waals surface area contributed by atoms with Crippen molar-refractivity contribution < 1.29 is 27.4 Å². The summed E-state index contributed by atoms with van der Waals surface area (Å²) >= 11 is 0. The zero-order valence-corrected chi connectivity index (χ0v) is 19.5. The number of nitrogens with one attached hydrogen (secondary N) is 1. The fourth-order valence-corrected chi connectivity index (χ4v) is 4.68. The molecule has 0 aliphatic rings. The van der Waals surface area contributed by atoms with Gasteiger partial charge in [0.15, 0.2) is 0 Å². The molecule has 0 radical (unpaired) electrons. The van der Waals surface area contributed by atoms with E-state index >= 15 is 0 Å². The van der Waals surface area contributed by atoms with Crippen molar-refractivity contribution in [2.24, 2.45) is 0 Å². The van der Waals surface area contributed by atoms with E-state index in [2.05, 4.69) is 5.32 Å². The third kappa shape index (κ3) is 5.82. The molecule has 0 atom stereocenters. The highest BCUT2D eigenvalue weighted by Gasteiger charge is 2.29. The third-order valence-corrected chi connectivity index (χ3v) is 6.58. The number of hydrogen-bond acceptors (Lipinski definition) is 6. The lowest BCUT2D eigenvalue weighted by Gasteiger charge is -2.25. The second-order valence-corrected chi connectivity index (χ2v) is 8.90. The highest BCUT2D eigenvalue weighted by atomic mass is 32.2. The van der Waals surface area contributed by atoms with Crippen LogP contribution in [0.5, 0.6) is 11.5 Å². The number of anilines is 2. The molecule has 0 bridgehead atoms. The van der Waals surface area contributed by atoms with Crippen LogP contribution in [0.25, 0.3) is 0 Å². The number of para-hydroxylation sites is 2. The van der Waals surface area contributed by atoms with Crippen LogP contribution in [0.1, 0.15) is 5.56 Å². The number of amides is 1. The number of nitrogens with zero attached hydrogens (tertiary/aromatic N) is 1. The van der Waals surface area contributed by atoms with Crippen LogP contribution >= 0.6 is 0 Å². The maximum atomic E-state index is 13.6. The van der Waals surface area contributed by atoms with Gasteiger partial charge in [0.05, 0.1) is 31.4 Å². The average Bonchev–Trinajstić information content (AvgIpc) is 2.83. The minimum atomic E-state index is -4.10. The average molecular weight is 471 g/mol. The van der Waals surface area contributed by atoms with Crippen LogP contribution in [-0.4, -0.2) is 42.2 Å². The monoisotopic (exact) mass is 470 g/mol. The molecule has 1 amide bonds. The molecule has 9 heteroatoms. The summed E-state index contributed by atoms with van der Waals surface area (Å²) in [4.78, 5) is 13.0. The SMILES string of the molecule is COCc1cccc(NC(=O)CN(c2ccccc2OC)S(=O)(=O)c2ccc(OC)cc2)c1. The number of carbonyl (C=O) groups is 1. The molecular formula is C24H26N2O6S. The number of ether oxygens (including phenoxy) is 3. The largest absolute Gasteiger partial charge is 0.497 e. The van der Waals surface area contributed by atoms with Crippen molar-refractivity contribution in [3.05, 3.63) is 78.4 Å². The van der Waals surface area contributed by atoms with E-state index in [0.717, 1.165) is 9.87 Å². The summed E-state index contributed by atoms with van der Waals surface area (Å²) in [6, 6.07) is 19.8. The summed E-state index contributed by atoms with van der Waals surface area (Å²) in [5.41, 5.74) is 1.67. The van der Waals surface area contributed by atoms with Crippen LogP contribution in [0.3, 0.4) is 0 Å². The van der Waals surface area contributed by atoms with Gasteiger partial charge in [0.25, 0.3) is 10.0 Å². The Hall–Kier alpha value is -3.56. The van der Waals surface area contributed by atoms with E-state index in [0.29, 0.717) is 23.8 Å². The van der Waals surface area contributed by atoms with Gasteiger partial charge < -0.3 is 19.5 Å². The fourth-order valence-electron chi connectivity index (χ4n) is 3.25. The second kappa shape index (κ2) is 10.8. The fraction of sp³-hybridized carbons (Fsp3) is 0.208. The Morgan fingerprint density at radius 1 is 0.909 bits per heavy atom. The van der Waals surface area contributed by atoms with E-state index < -0.39 is 22.5 Å². The van der Waals surface area contributed by atoms with Crippen molar-refractivity contribution in [2.45, 2.75) is 11.5 Å². The predicted molar refractivity (Wildman–Crippen MR) is 126 cm³/mol. The number of sulfonamides is 1. The van der Waals surface area contributed by atoms with Gasteiger partial charge in [-0.2, -0.15) is 0 Å². The normalized spacial score (nSPS) is 11.0. The molecule has 3 rings (SSSR count). The molecule has 8 nitrogen and oxygen atoms in total. The standard InChI is InChI=1S/C24H26N2O6S/c1-30-17-18-7-6-8-19(15-18)25-24(27)16-26(22-9-4-5-10-23(22)32-3)33(28,29)21-13-11-20(31-2)12-14-21/h4-15H,16-17H2,1-3H3,(H,25,27). The maximum absolute atomic E-state index is 13.6. The molecule has 0 spiro atoms. The van der Waals surface area contributed by atoms with Gasteiger partial charge in [-0.25, -0.2) is 8.42 Å². The van der Waals surface area contributed by atoms with E-state index in [-0.39, 0.29) is 10.6 Å². The van der Waals surface area contributed by atoms with Gasteiger partial charge in [0.2, 0.25) is 5.91 Å². The minimum absolute atomic E-state index is 0.0177. The Bertz CT molecular complexity index is 1200. The molecule has 0 aliphatic carbocycles. The second-order valence-electron chi connectivity index (χ2n) is 7.04. The Morgan fingerprint density at radius 2 is 1.64 bits per heavy atom. The molecule has 0 aliphatic heterocycles. The number of carbonyl (C=O) groups excluding carboxylic acids is 1. The van der Waals surface area contributed by atoms with Gasteiger partial charge in [-0.3, -0.25) is 9.10 Å². The van der Waals surface area contributed by atoms with Gasteiger partial charge in [-0.15, -0.1) is 0 Å². The van der Waals surface area contributed by atoms with Gasteiger partial charge in [-0.05, 0) is 54.1 Å². The summed E-state index contributed by atoms with van der Waals surface area (Å²) in [6.45, 7) is -0.0634. The van der Waals surface area contributed by atoms with Gasteiger partial charge >= 0.3 is 0 Å². The predicted octanol–water partition coefficient (Wildman–Crippen LogP) is 3.68. The molecule has 1 N–H and O–H groups in total. The lowest BCUT2D eigenvalue weighted by atomic mass is 10.2. The first-order valence-corrected chi connectivity index (χ1v) is 11.5. The molecule has 0 saturated heterocycles. The zero-order chi connectivity index (χ0) is 23.8. The highest BCUT2D eigenvalue weighted by Crippen LogP contribution is 2.32. The van der Waals surface area contributed by atoms with Gasteiger partial charge in [0, 0.05) is 12.8 Å². The molecule has 174 valence electrons.